The topological polar surface area (TPSA) is 70.0 Å². The number of benzene rings is 3. The first-order valence-corrected chi connectivity index (χ1v) is 10.9. The normalized spacial score (nSPS) is 11.2. The standard InChI is InChI=1S/C28H20N4O2/c1-33-19-11-7-17(8-12-19)23-24(18-9-13-20(34-2)14-10-18)32-28-22-6-4-16-30-26(22)25-21(27(28)31-23)5-3-15-29-25/h3-16H,1-2H3. The molecule has 0 N–H and O–H groups in total. The van der Waals surface area contributed by atoms with E-state index in [2.05, 4.69) is 9.97 Å². The molecule has 0 amide bonds. The van der Waals surface area contributed by atoms with Crippen molar-refractivity contribution in [1.29, 1.82) is 0 Å². The van der Waals surface area contributed by atoms with Crippen molar-refractivity contribution in [2.24, 2.45) is 0 Å². The molecule has 0 fully saturated rings. The van der Waals surface area contributed by atoms with Crippen LogP contribution in [0.3, 0.4) is 0 Å². The molecule has 6 heteroatoms. The highest BCUT2D eigenvalue weighted by Crippen LogP contribution is 2.37. The van der Waals surface area contributed by atoms with Crippen LogP contribution in [-0.4, -0.2) is 34.2 Å². The minimum Gasteiger partial charge on any atom is -0.497 e. The number of fused-ring (bicyclic) bond motifs is 6. The first kappa shape index (κ1) is 20.1. The van der Waals surface area contributed by atoms with Crippen LogP contribution in [0.2, 0.25) is 0 Å². The summed E-state index contributed by atoms with van der Waals surface area (Å²) in [7, 11) is 3.32. The molecule has 0 spiro atoms. The predicted octanol–water partition coefficient (Wildman–Crippen LogP) is 6.08. The summed E-state index contributed by atoms with van der Waals surface area (Å²) in [5, 5.41) is 1.85. The van der Waals surface area contributed by atoms with Gasteiger partial charge in [-0.2, -0.15) is 0 Å². The Hall–Kier alpha value is -4.58. The van der Waals surface area contributed by atoms with Crippen LogP contribution in [0.5, 0.6) is 11.5 Å². The van der Waals surface area contributed by atoms with Crippen molar-refractivity contribution in [2.45, 2.75) is 0 Å². The van der Waals surface area contributed by atoms with E-state index in [0.29, 0.717) is 0 Å². The van der Waals surface area contributed by atoms with Crippen LogP contribution in [0.1, 0.15) is 0 Å². The van der Waals surface area contributed by atoms with Gasteiger partial charge in [-0.05, 0) is 72.8 Å². The molecule has 0 radical (unpaired) electrons. The maximum Gasteiger partial charge on any atom is 0.118 e. The Morgan fingerprint density at radius 3 is 1.29 bits per heavy atom. The molecule has 34 heavy (non-hydrogen) atoms. The Morgan fingerprint density at radius 2 is 0.912 bits per heavy atom. The molecule has 3 aromatic heterocycles. The lowest BCUT2D eigenvalue weighted by Gasteiger charge is -2.14. The molecule has 0 saturated heterocycles. The zero-order valence-electron chi connectivity index (χ0n) is 18.7. The minimum absolute atomic E-state index is 0.786. The molecule has 164 valence electrons. The fraction of sp³-hybridized carbons (Fsp3) is 0.0714. The van der Waals surface area contributed by atoms with Crippen molar-refractivity contribution >= 4 is 32.8 Å². The average molecular weight is 444 g/mol. The molecular weight excluding hydrogens is 424 g/mol. The van der Waals surface area contributed by atoms with E-state index in [4.69, 9.17) is 19.4 Å². The Labute approximate surface area is 195 Å². The van der Waals surface area contributed by atoms with Gasteiger partial charge in [-0.3, -0.25) is 9.97 Å². The molecule has 0 saturated carbocycles. The van der Waals surface area contributed by atoms with Crippen molar-refractivity contribution in [3.63, 3.8) is 0 Å². The SMILES string of the molecule is COc1ccc(-c2nc3c4cccnc4c4ncccc4c3nc2-c2ccc(OC)cc2)cc1. The molecule has 0 unspecified atom stereocenters. The highest BCUT2D eigenvalue weighted by atomic mass is 16.5. The first-order valence-electron chi connectivity index (χ1n) is 10.9. The van der Waals surface area contributed by atoms with Gasteiger partial charge in [0.05, 0.1) is 47.7 Å². The Balaban J connectivity index is 1.74. The number of hydrogen-bond acceptors (Lipinski definition) is 6. The molecule has 0 aliphatic heterocycles. The first-order chi connectivity index (χ1) is 16.8. The molecule has 0 atom stereocenters. The molecular formula is C28H20N4O2. The maximum absolute atomic E-state index is 5.36. The Bertz CT molecular complexity index is 1540. The van der Waals surface area contributed by atoms with Gasteiger partial charge >= 0.3 is 0 Å². The summed E-state index contributed by atoms with van der Waals surface area (Å²) in [6, 6.07) is 23.6. The number of hydrogen-bond donors (Lipinski definition) is 0. The van der Waals surface area contributed by atoms with Crippen LogP contribution in [0, 0.1) is 0 Å². The highest BCUT2D eigenvalue weighted by Gasteiger charge is 2.18. The van der Waals surface area contributed by atoms with Gasteiger partial charge in [-0.1, -0.05) is 0 Å². The summed E-state index contributed by atoms with van der Waals surface area (Å²) in [5.74, 6) is 1.57. The number of rotatable bonds is 4. The zero-order chi connectivity index (χ0) is 23.1. The Morgan fingerprint density at radius 1 is 0.500 bits per heavy atom. The monoisotopic (exact) mass is 444 g/mol. The summed E-state index contributed by atoms with van der Waals surface area (Å²) in [6.07, 6.45) is 3.57. The molecule has 6 rings (SSSR count). The number of nitrogens with zero attached hydrogens (tertiary/aromatic N) is 4. The van der Waals surface area contributed by atoms with Crippen molar-refractivity contribution in [3.8, 4) is 34.0 Å². The fourth-order valence-electron chi connectivity index (χ4n) is 4.28. The van der Waals surface area contributed by atoms with Crippen molar-refractivity contribution < 1.29 is 9.47 Å². The van der Waals surface area contributed by atoms with Crippen LogP contribution < -0.4 is 9.47 Å². The van der Waals surface area contributed by atoms with Gasteiger partial charge in [0.2, 0.25) is 0 Å². The van der Waals surface area contributed by atoms with E-state index in [0.717, 1.165) is 66.9 Å². The van der Waals surface area contributed by atoms with Crippen LogP contribution in [-0.2, 0) is 0 Å². The average Bonchev–Trinajstić information content (AvgIpc) is 2.92. The zero-order valence-corrected chi connectivity index (χ0v) is 18.7. The van der Waals surface area contributed by atoms with E-state index in [9.17, 15) is 0 Å². The molecule has 3 aromatic carbocycles. The van der Waals surface area contributed by atoms with Gasteiger partial charge < -0.3 is 9.47 Å². The van der Waals surface area contributed by atoms with Crippen LogP contribution >= 0.6 is 0 Å². The van der Waals surface area contributed by atoms with E-state index in [1.807, 2.05) is 72.8 Å². The molecule has 6 aromatic rings. The van der Waals surface area contributed by atoms with Gasteiger partial charge in [-0.25, -0.2) is 9.97 Å². The predicted molar refractivity (Wildman–Crippen MR) is 134 cm³/mol. The molecule has 0 bridgehead atoms. The third kappa shape index (κ3) is 3.19. The van der Waals surface area contributed by atoms with E-state index in [1.165, 1.54) is 0 Å². The summed E-state index contributed by atoms with van der Waals surface area (Å²) in [4.78, 5) is 19.6. The quantitative estimate of drug-likeness (QED) is 0.307. The van der Waals surface area contributed by atoms with Gasteiger partial charge in [0.1, 0.15) is 11.5 Å². The molecule has 6 nitrogen and oxygen atoms in total. The second-order valence-corrected chi connectivity index (χ2v) is 7.87. The van der Waals surface area contributed by atoms with Gasteiger partial charge in [0.25, 0.3) is 0 Å². The second-order valence-electron chi connectivity index (χ2n) is 7.87. The smallest absolute Gasteiger partial charge is 0.118 e. The number of ether oxygens (including phenoxy) is 2. The lowest BCUT2D eigenvalue weighted by Crippen LogP contribution is -1.98. The molecule has 0 aliphatic rings. The van der Waals surface area contributed by atoms with E-state index < -0.39 is 0 Å². The van der Waals surface area contributed by atoms with Crippen LogP contribution in [0.4, 0.5) is 0 Å². The van der Waals surface area contributed by atoms with Gasteiger partial charge in [0.15, 0.2) is 0 Å². The summed E-state index contributed by atoms with van der Waals surface area (Å²) >= 11 is 0. The van der Waals surface area contributed by atoms with Gasteiger partial charge in [-0.15, -0.1) is 0 Å². The summed E-state index contributed by atoms with van der Waals surface area (Å²) in [6.45, 7) is 0. The van der Waals surface area contributed by atoms with E-state index in [1.54, 1.807) is 26.6 Å². The molecule has 3 heterocycles. The fourth-order valence-corrected chi connectivity index (χ4v) is 4.28. The van der Waals surface area contributed by atoms with Crippen LogP contribution in [0.25, 0.3) is 55.4 Å². The highest BCUT2D eigenvalue weighted by molar-refractivity contribution is 6.21. The summed E-state index contributed by atoms with van der Waals surface area (Å²) in [5.41, 5.74) is 6.70. The Kier molecular flexibility index (Phi) is 4.77. The number of pyridine rings is 2. The number of methoxy groups -OCH3 is 2. The van der Waals surface area contributed by atoms with Crippen molar-refractivity contribution in [1.82, 2.24) is 19.9 Å². The lowest BCUT2D eigenvalue weighted by molar-refractivity contribution is 0.414. The third-order valence-corrected chi connectivity index (χ3v) is 5.97. The van der Waals surface area contributed by atoms with Crippen molar-refractivity contribution in [2.75, 3.05) is 14.2 Å². The van der Waals surface area contributed by atoms with Crippen LogP contribution in [0.15, 0.2) is 85.2 Å². The lowest BCUT2D eigenvalue weighted by atomic mass is 10.0. The molecule has 0 aliphatic carbocycles. The second kappa shape index (κ2) is 8.08. The minimum atomic E-state index is 0.786. The van der Waals surface area contributed by atoms with Crippen molar-refractivity contribution in [3.05, 3.63) is 85.2 Å². The maximum atomic E-state index is 5.36. The number of aromatic nitrogens is 4. The van der Waals surface area contributed by atoms with Gasteiger partial charge in [0, 0.05) is 34.3 Å². The van der Waals surface area contributed by atoms with E-state index in [-0.39, 0.29) is 0 Å². The summed E-state index contributed by atoms with van der Waals surface area (Å²) < 4.78 is 10.7. The largest absolute Gasteiger partial charge is 0.497 e. The third-order valence-electron chi connectivity index (χ3n) is 5.97. The van der Waals surface area contributed by atoms with E-state index >= 15 is 0 Å².